The van der Waals surface area contributed by atoms with Gasteiger partial charge in [-0.3, -0.25) is 4.72 Å². The summed E-state index contributed by atoms with van der Waals surface area (Å²) < 4.78 is 27.2. The minimum Gasteiger partial charge on any atom is -0.326 e. The number of rotatable bonds is 4. The molecule has 0 aliphatic heterocycles. The molecule has 0 atom stereocenters. The topological polar surface area (TPSA) is 72.2 Å². The highest BCUT2D eigenvalue weighted by atomic mass is 35.5. The molecular weight excluding hydrogens is 296 g/mol. The average Bonchev–Trinajstić information content (AvgIpc) is 2.38. The maximum Gasteiger partial charge on any atom is 0.263 e. The number of nitrogens with one attached hydrogen (secondary N) is 1. The van der Waals surface area contributed by atoms with Crippen molar-refractivity contribution in [1.29, 1.82) is 0 Å². The second-order valence-electron chi connectivity index (χ2n) is 4.44. The van der Waals surface area contributed by atoms with E-state index in [0.717, 1.165) is 5.56 Å². The minimum atomic E-state index is -3.73. The van der Waals surface area contributed by atoms with Crippen molar-refractivity contribution < 1.29 is 8.42 Å². The first-order chi connectivity index (χ1) is 9.42. The molecule has 3 N–H and O–H groups in total. The lowest BCUT2D eigenvalue weighted by Gasteiger charge is -2.11. The van der Waals surface area contributed by atoms with Crippen molar-refractivity contribution in [1.82, 2.24) is 0 Å². The molecule has 0 saturated heterocycles. The van der Waals surface area contributed by atoms with Gasteiger partial charge in [0, 0.05) is 12.2 Å². The predicted molar refractivity (Wildman–Crippen MR) is 81.3 cm³/mol. The number of halogens is 1. The van der Waals surface area contributed by atoms with Crippen molar-refractivity contribution in [3.8, 4) is 0 Å². The van der Waals surface area contributed by atoms with Crippen LogP contribution >= 0.6 is 11.6 Å². The number of aryl methyl sites for hydroxylation is 1. The minimum absolute atomic E-state index is 0.0311. The highest BCUT2D eigenvalue weighted by Crippen LogP contribution is 2.25. The Labute approximate surface area is 123 Å². The van der Waals surface area contributed by atoms with Crippen molar-refractivity contribution in [2.24, 2.45) is 5.73 Å². The predicted octanol–water partition coefficient (Wildman–Crippen LogP) is 2.91. The largest absolute Gasteiger partial charge is 0.326 e. The third-order valence-corrected chi connectivity index (χ3v) is 4.65. The van der Waals surface area contributed by atoms with Crippen molar-refractivity contribution in [2.45, 2.75) is 18.4 Å². The zero-order chi connectivity index (χ0) is 14.8. The molecular formula is C14H15ClN2O2S. The van der Waals surface area contributed by atoms with Gasteiger partial charge in [0.15, 0.2) is 0 Å². The van der Waals surface area contributed by atoms with Gasteiger partial charge in [0.25, 0.3) is 10.0 Å². The number of benzene rings is 2. The van der Waals surface area contributed by atoms with Crippen LogP contribution in [0.25, 0.3) is 0 Å². The third kappa shape index (κ3) is 3.30. The Bertz CT molecular complexity index is 730. The first kappa shape index (κ1) is 14.8. The Morgan fingerprint density at radius 3 is 2.60 bits per heavy atom. The molecule has 0 radical (unpaired) electrons. The Morgan fingerprint density at radius 1 is 1.20 bits per heavy atom. The average molecular weight is 311 g/mol. The molecule has 2 aromatic rings. The van der Waals surface area contributed by atoms with Crippen LogP contribution in [0.2, 0.25) is 5.02 Å². The zero-order valence-electron chi connectivity index (χ0n) is 10.9. The van der Waals surface area contributed by atoms with Crippen molar-refractivity contribution >= 4 is 27.3 Å². The van der Waals surface area contributed by atoms with Gasteiger partial charge in [0.2, 0.25) is 0 Å². The molecule has 0 unspecified atom stereocenters. The fraction of sp³-hybridized carbons (Fsp3) is 0.143. The SMILES string of the molecule is Cc1cccc(NS(=O)(=O)c2cc(CN)ccc2Cl)c1. The lowest BCUT2D eigenvalue weighted by molar-refractivity contribution is 0.601. The van der Waals surface area contributed by atoms with E-state index in [2.05, 4.69) is 4.72 Å². The fourth-order valence-electron chi connectivity index (χ4n) is 1.80. The van der Waals surface area contributed by atoms with Gasteiger partial charge >= 0.3 is 0 Å². The molecule has 106 valence electrons. The molecule has 0 amide bonds. The second kappa shape index (κ2) is 5.83. The van der Waals surface area contributed by atoms with Crippen LogP contribution in [0.1, 0.15) is 11.1 Å². The fourth-order valence-corrected chi connectivity index (χ4v) is 3.40. The van der Waals surface area contributed by atoms with Gasteiger partial charge in [0.1, 0.15) is 4.90 Å². The van der Waals surface area contributed by atoms with Gasteiger partial charge in [-0.2, -0.15) is 0 Å². The van der Waals surface area contributed by atoms with Crippen LogP contribution in [0.15, 0.2) is 47.4 Å². The quantitative estimate of drug-likeness (QED) is 0.912. The molecule has 6 heteroatoms. The van der Waals surface area contributed by atoms with Gasteiger partial charge in [0.05, 0.1) is 5.02 Å². The van der Waals surface area contributed by atoms with Gasteiger partial charge in [-0.05, 0) is 42.3 Å². The number of nitrogens with two attached hydrogens (primary N) is 1. The molecule has 2 aromatic carbocycles. The first-order valence-corrected chi connectivity index (χ1v) is 7.86. The van der Waals surface area contributed by atoms with E-state index >= 15 is 0 Å². The zero-order valence-corrected chi connectivity index (χ0v) is 12.5. The molecule has 4 nitrogen and oxygen atoms in total. The molecule has 0 saturated carbocycles. The maximum absolute atomic E-state index is 12.4. The van der Waals surface area contributed by atoms with Gasteiger partial charge in [-0.25, -0.2) is 8.42 Å². The summed E-state index contributed by atoms with van der Waals surface area (Å²) in [6.45, 7) is 2.14. The lowest BCUT2D eigenvalue weighted by Crippen LogP contribution is -2.14. The van der Waals surface area contributed by atoms with Crippen LogP contribution in [0.4, 0.5) is 5.69 Å². The standard InChI is InChI=1S/C14H15ClN2O2S/c1-10-3-2-4-12(7-10)17-20(18,19)14-8-11(9-16)5-6-13(14)15/h2-8,17H,9,16H2,1H3. The summed E-state index contributed by atoms with van der Waals surface area (Å²) in [5.74, 6) is 0. The smallest absolute Gasteiger partial charge is 0.263 e. The molecule has 0 fully saturated rings. The molecule has 0 heterocycles. The highest BCUT2D eigenvalue weighted by molar-refractivity contribution is 7.92. The van der Waals surface area contributed by atoms with Gasteiger partial charge in [-0.15, -0.1) is 0 Å². The molecule has 0 aliphatic rings. The molecule has 0 aliphatic carbocycles. The molecule has 20 heavy (non-hydrogen) atoms. The Morgan fingerprint density at radius 2 is 1.95 bits per heavy atom. The molecule has 0 bridgehead atoms. The number of hydrogen-bond donors (Lipinski definition) is 2. The normalized spacial score (nSPS) is 11.3. The van der Waals surface area contributed by atoms with Crippen molar-refractivity contribution in [3.05, 3.63) is 58.6 Å². The van der Waals surface area contributed by atoms with Crippen LogP contribution in [0.5, 0.6) is 0 Å². The van der Waals surface area contributed by atoms with Crippen molar-refractivity contribution in [2.75, 3.05) is 4.72 Å². The van der Waals surface area contributed by atoms with E-state index in [4.69, 9.17) is 17.3 Å². The van der Waals surface area contributed by atoms with Crippen LogP contribution in [-0.2, 0) is 16.6 Å². The number of anilines is 1. The molecule has 0 spiro atoms. The molecule has 2 rings (SSSR count). The van der Waals surface area contributed by atoms with E-state index in [0.29, 0.717) is 11.3 Å². The first-order valence-electron chi connectivity index (χ1n) is 6.00. The Hall–Kier alpha value is -1.56. The van der Waals surface area contributed by atoms with E-state index in [1.807, 2.05) is 13.0 Å². The summed E-state index contributed by atoms with van der Waals surface area (Å²) in [6.07, 6.45) is 0. The van der Waals surface area contributed by atoms with Crippen LogP contribution in [0.3, 0.4) is 0 Å². The van der Waals surface area contributed by atoms with Crippen LogP contribution in [-0.4, -0.2) is 8.42 Å². The van der Waals surface area contributed by atoms with Crippen LogP contribution < -0.4 is 10.5 Å². The third-order valence-electron chi connectivity index (χ3n) is 2.79. The maximum atomic E-state index is 12.4. The van der Waals surface area contributed by atoms with E-state index in [1.165, 1.54) is 12.1 Å². The van der Waals surface area contributed by atoms with E-state index in [-0.39, 0.29) is 16.5 Å². The summed E-state index contributed by atoms with van der Waals surface area (Å²) in [5.41, 5.74) is 7.70. The van der Waals surface area contributed by atoms with E-state index in [1.54, 1.807) is 24.3 Å². The summed E-state index contributed by atoms with van der Waals surface area (Å²) >= 11 is 5.98. The molecule has 0 aromatic heterocycles. The van der Waals surface area contributed by atoms with Gasteiger partial charge < -0.3 is 5.73 Å². The number of hydrogen-bond acceptors (Lipinski definition) is 3. The second-order valence-corrected chi connectivity index (χ2v) is 6.50. The highest BCUT2D eigenvalue weighted by Gasteiger charge is 2.18. The summed E-state index contributed by atoms with van der Waals surface area (Å²) in [5, 5.41) is 0.169. The summed E-state index contributed by atoms with van der Waals surface area (Å²) in [7, 11) is -3.73. The Balaban J connectivity index is 2.40. The van der Waals surface area contributed by atoms with Crippen molar-refractivity contribution in [3.63, 3.8) is 0 Å². The number of sulfonamides is 1. The van der Waals surface area contributed by atoms with Gasteiger partial charge in [-0.1, -0.05) is 29.8 Å². The van der Waals surface area contributed by atoms with Crippen LogP contribution in [0, 0.1) is 6.92 Å². The summed E-state index contributed by atoms with van der Waals surface area (Å²) in [4.78, 5) is 0.0311. The lowest BCUT2D eigenvalue weighted by atomic mass is 10.2. The van der Waals surface area contributed by atoms with E-state index < -0.39 is 10.0 Å². The summed E-state index contributed by atoms with van der Waals surface area (Å²) in [6, 6.07) is 11.8. The Kier molecular flexibility index (Phi) is 4.32. The van der Waals surface area contributed by atoms with E-state index in [9.17, 15) is 8.42 Å². The monoisotopic (exact) mass is 310 g/mol.